The number of piperidine rings is 1. The van der Waals surface area contributed by atoms with E-state index in [-0.39, 0.29) is 0 Å². The average molecular weight is 238 g/mol. The zero-order valence-electron chi connectivity index (χ0n) is 11.8. The lowest BCUT2D eigenvalue weighted by Crippen LogP contribution is -2.56. The number of nitrogens with zero attached hydrogens (tertiary/aromatic N) is 1. The predicted molar refractivity (Wildman–Crippen MR) is 74.0 cm³/mol. The predicted octanol–water partition coefficient (Wildman–Crippen LogP) is 3.02. The van der Waals surface area contributed by atoms with Crippen molar-refractivity contribution in [2.75, 3.05) is 19.6 Å². The van der Waals surface area contributed by atoms with Crippen molar-refractivity contribution in [1.29, 1.82) is 0 Å². The molecule has 0 aromatic heterocycles. The first kappa shape index (κ1) is 13.4. The van der Waals surface area contributed by atoms with Gasteiger partial charge in [-0.3, -0.25) is 4.90 Å². The van der Waals surface area contributed by atoms with Crippen LogP contribution in [0.2, 0.25) is 0 Å². The maximum Gasteiger partial charge on any atom is 0.0331 e. The van der Waals surface area contributed by atoms with Gasteiger partial charge in [-0.1, -0.05) is 26.7 Å². The highest BCUT2D eigenvalue weighted by Gasteiger charge is 2.38. The topological polar surface area (TPSA) is 29.3 Å². The van der Waals surface area contributed by atoms with Crippen LogP contribution < -0.4 is 5.73 Å². The summed E-state index contributed by atoms with van der Waals surface area (Å²) < 4.78 is 0. The molecule has 0 spiro atoms. The molecule has 2 N–H and O–H groups in total. The molecule has 0 aromatic rings. The summed E-state index contributed by atoms with van der Waals surface area (Å²) in [6.07, 6.45) is 9.61. The number of hydrogen-bond acceptors (Lipinski definition) is 2. The summed E-state index contributed by atoms with van der Waals surface area (Å²) in [5.74, 6) is 1.78. The van der Waals surface area contributed by atoms with Crippen molar-refractivity contribution in [2.24, 2.45) is 17.6 Å². The molecule has 1 saturated heterocycles. The Bertz CT molecular complexity index is 241. The van der Waals surface area contributed by atoms with Crippen molar-refractivity contribution >= 4 is 0 Å². The summed E-state index contributed by atoms with van der Waals surface area (Å²) in [5, 5.41) is 0. The van der Waals surface area contributed by atoms with E-state index in [1.165, 1.54) is 58.0 Å². The van der Waals surface area contributed by atoms with Gasteiger partial charge in [-0.15, -0.1) is 0 Å². The first-order valence-electron chi connectivity index (χ1n) is 7.61. The van der Waals surface area contributed by atoms with Gasteiger partial charge in [-0.05, 0) is 50.5 Å². The fraction of sp³-hybridized carbons (Fsp3) is 1.00. The van der Waals surface area contributed by atoms with Crippen LogP contribution in [0.15, 0.2) is 0 Å². The van der Waals surface area contributed by atoms with E-state index in [4.69, 9.17) is 5.73 Å². The zero-order valence-corrected chi connectivity index (χ0v) is 11.8. The lowest BCUT2D eigenvalue weighted by atomic mass is 9.84. The molecule has 2 fully saturated rings. The van der Waals surface area contributed by atoms with E-state index in [0.29, 0.717) is 5.54 Å². The van der Waals surface area contributed by atoms with E-state index >= 15 is 0 Å². The third-order valence-corrected chi connectivity index (χ3v) is 5.15. The van der Waals surface area contributed by atoms with Gasteiger partial charge in [0, 0.05) is 18.6 Å². The molecule has 1 aliphatic carbocycles. The fourth-order valence-corrected chi connectivity index (χ4v) is 3.83. The van der Waals surface area contributed by atoms with Gasteiger partial charge >= 0.3 is 0 Å². The molecular formula is C15H30N2. The highest BCUT2D eigenvalue weighted by molar-refractivity contribution is 4.95. The van der Waals surface area contributed by atoms with Gasteiger partial charge in [0.05, 0.1) is 0 Å². The van der Waals surface area contributed by atoms with Gasteiger partial charge in [0.1, 0.15) is 0 Å². The summed E-state index contributed by atoms with van der Waals surface area (Å²) >= 11 is 0. The van der Waals surface area contributed by atoms with Crippen molar-refractivity contribution in [3.63, 3.8) is 0 Å². The minimum Gasteiger partial charge on any atom is -0.329 e. The SMILES string of the molecule is CC1CCCC(CN)(N2CCCC(C)C2)CC1. The van der Waals surface area contributed by atoms with Crippen molar-refractivity contribution in [3.05, 3.63) is 0 Å². The number of likely N-dealkylation sites (tertiary alicyclic amines) is 1. The van der Waals surface area contributed by atoms with Gasteiger partial charge in [-0.2, -0.15) is 0 Å². The van der Waals surface area contributed by atoms with Crippen molar-refractivity contribution in [3.8, 4) is 0 Å². The third kappa shape index (κ3) is 3.03. The molecule has 2 heteroatoms. The Balaban J connectivity index is 2.06. The molecule has 17 heavy (non-hydrogen) atoms. The zero-order chi connectivity index (χ0) is 12.3. The van der Waals surface area contributed by atoms with Crippen LogP contribution in [0.5, 0.6) is 0 Å². The molecule has 3 atom stereocenters. The van der Waals surface area contributed by atoms with Crippen LogP contribution in [-0.4, -0.2) is 30.1 Å². The largest absolute Gasteiger partial charge is 0.329 e. The quantitative estimate of drug-likeness (QED) is 0.749. The Morgan fingerprint density at radius 1 is 1.06 bits per heavy atom. The Hall–Kier alpha value is -0.0800. The molecule has 1 aliphatic heterocycles. The molecule has 0 bridgehead atoms. The van der Waals surface area contributed by atoms with E-state index in [0.717, 1.165) is 18.4 Å². The Labute approximate surface area is 107 Å². The lowest BCUT2D eigenvalue weighted by molar-refractivity contribution is 0.0388. The molecule has 2 rings (SSSR count). The van der Waals surface area contributed by atoms with Gasteiger partial charge in [0.15, 0.2) is 0 Å². The fourth-order valence-electron chi connectivity index (χ4n) is 3.83. The molecule has 0 aromatic carbocycles. The smallest absolute Gasteiger partial charge is 0.0331 e. The highest BCUT2D eigenvalue weighted by atomic mass is 15.2. The van der Waals surface area contributed by atoms with Crippen molar-refractivity contribution < 1.29 is 0 Å². The number of rotatable bonds is 2. The summed E-state index contributed by atoms with van der Waals surface area (Å²) in [7, 11) is 0. The number of nitrogens with two attached hydrogens (primary N) is 1. The van der Waals surface area contributed by atoms with E-state index in [1.807, 2.05) is 0 Å². The maximum absolute atomic E-state index is 6.19. The average Bonchev–Trinajstić information content (AvgIpc) is 2.52. The lowest BCUT2D eigenvalue weighted by Gasteiger charge is -2.47. The molecule has 0 amide bonds. The van der Waals surface area contributed by atoms with Gasteiger partial charge in [0.25, 0.3) is 0 Å². The van der Waals surface area contributed by atoms with Crippen LogP contribution in [0, 0.1) is 11.8 Å². The first-order chi connectivity index (χ1) is 8.16. The second-order valence-electron chi connectivity index (χ2n) is 6.66. The molecule has 0 radical (unpaired) electrons. The number of hydrogen-bond donors (Lipinski definition) is 1. The van der Waals surface area contributed by atoms with Crippen LogP contribution in [-0.2, 0) is 0 Å². The van der Waals surface area contributed by atoms with E-state index in [1.54, 1.807) is 0 Å². The molecule has 100 valence electrons. The highest BCUT2D eigenvalue weighted by Crippen LogP contribution is 2.36. The van der Waals surface area contributed by atoms with Crippen LogP contribution in [0.1, 0.15) is 58.8 Å². The summed E-state index contributed by atoms with van der Waals surface area (Å²) in [4.78, 5) is 2.75. The Morgan fingerprint density at radius 2 is 1.82 bits per heavy atom. The monoisotopic (exact) mass is 238 g/mol. The summed E-state index contributed by atoms with van der Waals surface area (Å²) in [6.45, 7) is 8.25. The molecule has 1 saturated carbocycles. The Kier molecular flexibility index (Phi) is 4.48. The van der Waals surface area contributed by atoms with Crippen LogP contribution in [0.4, 0.5) is 0 Å². The van der Waals surface area contributed by atoms with Crippen molar-refractivity contribution in [1.82, 2.24) is 4.90 Å². The van der Waals surface area contributed by atoms with Crippen LogP contribution in [0.25, 0.3) is 0 Å². The first-order valence-corrected chi connectivity index (χ1v) is 7.61. The second kappa shape index (κ2) is 5.71. The normalized spacial score (nSPS) is 41.1. The minimum absolute atomic E-state index is 0.347. The van der Waals surface area contributed by atoms with Crippen LogP contribution >= 0.6 is 0 Å². The van der Waals surface area contributed by atoms with Gasteiger partial charge in [-0.25, -0.2) is 0 Å². The summed E-state index contributed by atoms with van der Waals surface area (Å²) in [5.41, 5.74) is 6.53. The molecule has 1 heterocycles. The second-order valence-corrected chi connectivity index (χ2v) is 6.66. The van der Waals surface area contributed by atoms with E-state index in [9.17, 15) is 0 Å². The maximum atomic E-state index is 6.19. The molecular weight excluding hydrogens is 208 g/mol. The van der Waals surface area contributed by atoms with Crippen LogP contribution in [0.3, 0.4) is 0 Å². The van der Waals surface area contributed by atoms with E-state index in [2.05, 4.69) is 18.7 Å². The minimum atomic E-state index is 0.347. The third-order valence-electron chi connectivity index (χ3n) is 5.15. The molecule has 2 aliphatic rings. The van der Waals surface area contributed by atoms with Gasteiger partial charge < -0.3 is 5.73 Å². The molecule has 2 nitrogen and oxygen atoms in total. The molecule has 3 unspecified atom stereocenters. The van der Waals surface area contributed by atoms with Gasteiger partial charge in [0.2, 0.25) is 0 Å². The standard InChI is InChI=1S/C15H30N2/c1-13-5-3-8-15(12-16,9-7-13)17-10-4-6-14(2)11-17/h13-14H,3-12,16H2,1-2H3. The van der Waals surface area contributed by atoms with Crippen molar-refractivity contribution in [2.45, 2.75) is 64.3 Å². The van der Waals surface area contributed by atoms with E-state index < -0.39 is 0 Å². The summed E-state index contributed by atoms with van der Waals surface area (Å²) in [6, 6.07) is 0. The Morgan fingerprint density at radius 3 is 2.53 bits per heavy atom.